The highest BCUT2D eigenvalue weighted by Gasteiger charge is 2.27. The molecule has 7 nitrogen and oxygen atoms in total. The molecule has 7 heteroatoms. The summed E-state index contributed by atoms with van der Waals surface area (Å²) in [4.78, 5) is 23.9. The second kappa shape index (κ2) is 7.94. The molecule has 1 aromatic carbocycles. The number of aryl methyl sites for hydroxylation is 2. The molecule has 1 aliphatic rings. The summed E-state index contributed by atoms with van der Waals surface area (Å²) in [6, 6.07) is 13.4. The highest BCUT2D eigenvalue weighted by atomic mass is 16.4. The second-order valence-electron chi connectivity index (χ2n) is 7.28. The van der Waals surface area contributed by atoms with Crippen molar-refractivity contribution >= 4 is 5.91 Å². The van der Waals surface area contributed by atoms with Crippen molar-refractivity contribution in [3.8, 4) is 5.69 Å². The highest BCUT2D eigenvalue weighted by Crippen LogP contribution is 2.24. The maximum absolute atomic E-state index is 13.3. The quantitative estimate of drug-likeness (QED) is 0.515. The van der Waals surface area contributed by atoms with Gasteiger partial charge in [-0.2, -0.15) is 5.10 Å². The molecule has 3 aromatic heterocycles. The molecule has 0 radical (unpaired) electrons. The van der Waals surface area contributed by atoms with E-state index in [1.165, 1.54) is 0 Å². The van der Waals surface area contributed by atoms with Gasteiger partial charge in [0.05, 0.1) is 17.8 Å². The smallest absolute Gasteiger partial charge is 0.256 e. The van der Waals surface area contributed by atoms with Crippen LogP contribution in [0.25, 0.3) is 5.69 Å². The van der Waals surface area contributed by atoms with Crippen LogP contribution in [0.1, 0.15) is 33.3 Å². The normalized spacial score (nSPS) is 13.3. The van der Waals surface area contributed by atoms with Crippen LogP contribution in [-0.2, 0) is 25.8 Å². The molecule has 0 aliphatic carbocycles. The molecular formula is C23H21N5O2. The molecule has 0 spiro atoms. The number of amides is 1. The molecular weight excluding hydrogens is 378 g/mol. The fourth-order valence-corrected chi connectivity index (χ4v) is 3.77. The number of pyridine rings is 1. The van der Waals surface area contributed by atoms with Crippen molar-refractivity contribution in [3.05, 3.63) is 95.7 Å². The minimum absolute atomic E-state index is 0.0216. The van der Waals surface area contributed by atoms with Crippen LogP contribution < -0.4 is 0 Å². The standard InChI is InChI=1S/C23H21N5O2/c29-23(18-6-1-2-7-20(18)28-13-4-12-25-28)27-14-10-21-19(16-27)26-22(30-21)9-8-17-5-3-11-24-15-17/h1-7,11-13,15H,8-10,14,16H2. The summed E-state index contributed by atoms with van der Waals surface area (Å²) >= 11 is 0. The molecule has 150 valence electrons. The minimum atomic E-state index is -0.0216. The number of aromatic nitrogens is 4. The van der Waals surface area contributed by atoms with E-state index in [0.717, 1.165) is 41.4 Å². The highest BCUT2D eigenvalue weighted by molar-refractivity contribution is 5.97. The number of para-hydroxylation sites is 1. The average Bonchev–Trinajstić information content (AvgIpc) is 3.47. The molecule has 1 aliphatic heterocycles. The minimum Gasteiger partial charge on any atom is -0.445 e. The first kappa shape index (κ1) is 18.3. The van der Waals surface area contributed by atoms with Crippen molar-refractivity contribution < 1.29 is 9.21 Å². The van der Waals surface area contributed by atoms with Crippen molar-refractivity contribution in [2.45, 2.75) is 25.8 Å². The maximum atomic E-state index is 13.3. The van der Waals surface area contributed by atoms with E-state index in [1.807, 2.05) is 59.8 Å². The Morgan fingerprint density at radius 3 is 2.83 bits per heavy atom. The Hall–Kier alpha value is -3.74. The van der Waals surface area contributed by atoms with Gasteiger partial charge in [0, 0.05) is 44.2 Å². The van der Waals surface area contributed by atoms with Crippen LogP contribution in [0.5, 0.6) is 0 Å². The molecule has 0 unspecified atom stereocenters. The van der Waals surface area contributed by atoms with E-state index < -0.39 is 0 Å². The lowest BCUT2D eigenvalue weighted by Gasteiger charge is -2.26. The topological polar surface area (TPSA) is 77.0 Å². The van der Waals surface area contributed by atoms with Crippen LogP contribution in [0.2, 0.25) is 0 Å². The number of fused-ring (bicyclic) bond motifs is 1. The third kappa shape index (κ3) is 3.61. The van der Waals surface area contributed by atoms with Gasteiger partial charge in [0.1, 0.15) is 11.5 Å². The Bertz CT molecular complexity index is 1150. The first-order valence-corrected chi connectivity index (χ1v) is 10.0. The number of hydrogen-bond donors (Lipinski definition) is 0. The number of nitrogens with zero attached hydrogens (tertiary/aromatic N) is 5. The Morgan fingerprint density at radius 1 is 1.07 bits per heavy atom. The SMILES string of the molecule is O=C(c1ccccc1-n1cccn1)N1CCc2oc(CCc3cccnc3)nc2C1. The molecule has 4 aromatic rings. The molecule has 0 atom stereocenters. The lowest BCUT2D eigenvalue weighted by atomic mass is 10.1. The van der Waals surface area contributed by atoms with Crippen LogP contribution >= 0.6 is 0 Å². The summed E-state index contributed by atoms with van der Waals surface area (Å²) in [7, 11) is 0. The number of benzene rings is 1. The average molecular weight is 399 g/mol. The van der Waals surface area contributed by atoms with Crippen LogP contribution in [0.15, 0.2) is 71.7 Å². The molecule has 1 amide bonds. The van der Waals surface area contributed by atoms with E-state index in [0.29, 0.717) is 25.1 Å². The van der Waals surface area contributed by atoms with Gasteiger partial charge in [-0.3, -0.25) is 9.78 Å². The summed E-state index contributed by atoms with van der Waals surface area (Å²) in [5, 5.41) is 4.27. The van der Waals surface area contributed by atoms with E-state index in [1.54, 1.807) is 17.1 Å². The zero-order chi connectivity index (χ0) is 20.3. The lowest BCUT2D eigenvalue weighted by Crippen LogP contribution is -2.36. The molecule has 5 rings (SSSR count). The Kier molecular flexibility index (Phi) is 4.85. The number of carbonyl (C=O) groups excluding carboxylic acids is 1. The molecule has 0 N–H and O–H groups in total. The van der Waals surface area contributed by atoms with E-state index in [-0.39, 0.29) is 5.91 Å². The third-order valence-electron chi connectivity index (χ3n) is 5.30. The molecule has 0 bridgehead atoms. The predicted octanol–water partition coefficient (Wildman–Crippen LogP) is 3.24. The third-order valence-corrected chi connectivity index (χ3v) is 5.30. The second-order valence-corrected chi connectivity index (χ2v) is 7.28. The molecule has 0 saturated carbocycles. The maximum Gasteiger partial charge on any atom is 0.256 e. The van der Waals surface area contributed by atoms with Gasteiger partial charge in [-0.15, -0.1) is 0 Å². The van der Waals surface area contributed by atoms with Crippen LogP contribution in [0.4, 0.5) is 0 Å². The van der Waals surface area contributed by atoms with Crippen molar-refractivity contribution in [2.24, 2.45) is 0 Å². The summed E-state index contributed by atoms with van der Waals surface area (Å²) in [6.45, 7) is 1.06. The summed E-state index contributed by atoms with van der Waals surface area (Å²) in [5.41, 5.74) is 3.41. The zero-order valence-electron chi connectivity index (χ0n) is 16.4. The van der Waals surface area contributed by atoms with E-state index >= 15 is 0 Å². The number of carbonyl (C=O) groups is 1. The predicted molar refractivity (Wildman–Crippen MR) is 110 cm³/mol. The van der Waals surface area contributed by atoms with Gasteiger partial charge in [0.15, 0.2) is 5.89 Å². The van der Waals surface area contributed by atoms with Crippen molar-refractivity contribution in [2.75, 3.05) is 6.54 Å². The van der Waals surface area contributed by atoms with Crippen LogP contribution in [-0.4, -0.2) is 37.1 Å². The number of rotatable bonds is 5. The van der Waals surface area contributed by atoms with Gasteiger partial charge in [0.25, 0.3) is 5.91 Å². The fraction of sp³-hybridized carbons (Fsp3) is 0.217. The summed E-state index contributed by atoms with van der Waals surface area (Å²) in [6.07, 6.45) is 9.39. The summed E-state index contributed by atoms with van der Waals surface area (Å²) < 4.78 is 7.68. The number of hydrogen-bond acceptors (Lipinski definition) is 5. The van der Waals surface area contributed by atoms with E-state index in [9.17, 15) is 4.79 Å². The zero-order valence-corrected chi connectivity index (χ0v) is 16.4. The molecule has 4 heterocycles. The fourth-order valence-electron chi connectivity index (χ4n) is 3.77. The van der Waals surface area contributed by atoms with Gasteiger partial charge >= 0.3 is 0 Å². The molecule has 30 heavy (non-hydrogen) atoms. The van der Waals surface area contributed by atoms with Gasteiger partial charge < -0.3 is 9.32 Å². The largest absolute Gasteiger partial charge is 0.445 e. The van der Waals surface area contributed by atoms with Crippen molar-refractivity contribution in [1.29, 1.82) is 0 Å². The first-order chi connectivity index (χ1) is 14.8. The Morgan fingerprint density at radius 2 is 2.00 bits per heavy atom. The van der Waals surface area contributed by atoms with Gasteiger partial charge in [-0.25, -0.2) is 9.67 Å². The van der Waals surface area contributed by atoms with Crippen molar-refractivity contribution in [1.82, 2.24) is 24.6 Å². The molecule has 0 saturated heterocycles. The summed E-state index contributed by atoms with van der Waals surface area (Å²) in [5.74, 6) is 1.59. The Labute approximate surface area is 174 Å². The monoisotopic (exact) mass is 399 g/mol. The van der Waals surface area contributed by atoms with Crippen LogP contribution in [0, 0.1) is 0 Å². The van der Waals surface area contributed by atoms with Gasteiger partial charge in [-0.05, 0) is 36.2 Å². The van der Waals surface area contributed by atoms with E-state index in [4.69, 9.17) is 4.42 Å². The van der Waals surface area contributed by atoms with Gasteiger partial charge in [0.2, 0.25) is 0 Å². The van der Waals surface area contributed by atoms with E-state index in [2.05, 4.69) is 15.1 Å². The lowest BCUT2D eigenvalue weighted by molar-refractivity contribution is 0.0727. The Balaban J connectivity index is 1.32. The van der Waals surface area contributed by atoms with Crippen LogP contribution in [0.3, 0.4) is 0 Å². The number of oxazole rings is 1. The molecule has 0 fully saturated rings. The first-order valence-electron chi connectivity index (χ1n) is 10.0. The van der Waals surface area contributed by atoms with Gasteiger partial charge in [-0.1, -0.05) is 18.2 Å². The van der Waals surface area contributed by atoms with Crippen molar-refractivity contribution in [3.63, 3.8) is 0 Å².